The molecule has 0 spiro atoms. The number of furan rings is 1. The van der Waals surface area contributed by atoms with Crippen LogP contribution in [0.1, 0.15) is 19.3 Å². The third kappa shape index (κ3) is 3.07. The van der Waals surface area contributed by atoms with Crippen molar-refractivity contribution in [1.82, 2.24) is 0 Å². The average Bonchev–Trinajstić information content (AvgIpc) is 2.94. The van der Waals surface area contributed by atoms with Gasteiger partial charge < -0.3 is 13.6 Å². The molecule has 0 fully saturated rings. The summed E-state index contributed by atoms with van der Waals surface area (Å²) >= 11 is 2.37. The van der Waals surface area contributed by atoms with Gasteiger partial charge in [-0.25, -0.2) is 4.79 Å². The summed E-state index contributed by atoms with van der Waals surface area (Å²) in [7, 11) is 0. The van der Waals surface area contributed by atoms with Gasteiger partial charge in [-0.05, 0) is 41.9 Å². The van der Waals surface area contributed by atoms with E-state index in [0.29, 0.717) is 23.5 Å². The molecule has 4 nitrogen and oxygen atoms in total. The number of rotatable bonds is 6. The van der Waals surface area contributed by atoms with E-state index in [9.17, 15) is 4.79 Å². The molecule has 3 rings (SSSR count). The first-order valence-corrected chi connectivity index (χ1v) is 8.45. The number of unbranched alkanes of at least 4 members (excludes halogenated alkanes) is 2. The first-order chi connectivity index (χ1) is 10.3. The van der Waals surface area contributed by atoms with Crippen molar-refractivity contribution in [3.05, 3.63) is 40.9 Å². The smallest absolute Gasteiger partial charge is 0.336 e. The Bertz CT molecular complexity index is 803. The number of ether oxygens (including phenoxy) is 1. The highest BCUT2D eigenvalue weighted by Crippen LogP contribution is 2.35. The average molecular weight is 398 g/mol. The van der Waals surface area contributed by atoms with Gasteiger partial charge in [0.15, 0.2) is 11.2 Å². The molecule has 0 N–H and O–H groups in total. The first kappa shape index (κ1) is 14.4. The summed E-state index contributed by atoms with van der Waals surface area (Å²) in [6.07, 6.45) is 4.90. The van der Waals surface area contributed by atoms with Gasteiger partial charge in [0, 0.05) is 16.8 Å². The van der Waals surface area contributed by atoms with Crippen LogP contribution in [0.5, 0.6) is 5.75 Å². The van der Waals surface area contributed by atoms with E-state index < -0.39 is 0 Å². The molecule has 0 saturated carbocycles. The van der Waals surface area contributed by atoms with Crippen LogP contribution < -0.4 is 10.4 Å². The second-order valence-corrected chi connectivity index (χ2v) is 5.89. The molecule has 0 saturated heterocycles. The summed E-state index contributed by atoms with van der Waals surface area (Å²) in [5.41, 5.74) is 0.702. The van der Waals surface area contributed by atoms with Crippen molar-refractivity contribution in [2.45, 2.75) is 19.3 Å². The van der Waals surface area contributed by atoms with Crippen molar-refractivity contribution < 1.29 is 13.6 Å². The Morgan fingerprint density at radius 3 is 2.76 bits per heavy atom. The molecule has 0 bridgehead atoms. The Morgan fingerprint density at radius 2 is 1.90 bits per heavy atom. The minimum absolute atomic E-state index is 0.386. The fraction of sp³-hybridized carbons (Fsp3) is 0.312. The number of hydrogen-bond donors (Lipinski definition) is 0. The van der Waals surface area contributed by atoms with E-state index in [1.807, 2.05) is 12.1 Å². The molecule has 5 heteroatoms. The quantitative estimate of drug-likeness (QED) is 0.265. The van der Waals surface area contributed by atoms with Gasteiger partial charge in [0.25, 0.3) is 0 Å². The van der Waals surface area contributed by atoms with Crippen LogP contribution in [-0.4, -0.2) is 11.0 Å². The number of halogens is 1. The predicted molar refractivity (Wildman–Crippen MR) is 90.5 cm³/mol. The molecule has 110 valence electrons. The summed E-state index contributed by atoms with van der Waals surface area (Å²) in [5, 5.41) is 1.78. The van der Waals surface area contributed by atoms with Gasteiger partial charge in [-0.1, -0.05) is 22.6 Å². The van der Waals surface area contributed by atoms with Crippen molar-refractivity contribution in [2.75, 3.05) is 11.0 Å². The molecule has 0 unspecified atom stereocenters. The second-order valence-electron chi connectivity index (χ2n) is 4.82. The van der Waals surface area contributed by atoms with E-state index in [1.54, 1.807) is 12.3 Å². The Balaban J connectivity index is 1.97. The van der Waals surface area contributed by atoms with Crippen molar-refractivity contribution in [3.63, 3.8) is 0 Å². The monoisotopic (exact) mass is 398 g/mol. The first-order valence-electron chi connectivity index (χ1n) is 6.92. The summed E-state index contributed by atoms with van der Waals surface area (Å²) in [6.45, 7) is 0.587. The molecule has 0 radical (unpaired) electrons. The van der Waals surface area contributed by atoms with Crippen LogP contribution in [0, 0.1) is 0 Å². The lowest BCUT2D eigenvalue weighted by atomic mass is 10.1. The summed E-state index contributed by atoms with van der Waals surface area (Å²) < 4.78 is 17.8. The van der Waals surface area contributed by atoms with E-state index in [4.69, 9.17) is 13.6 Å². The zero-order chi connectivity index (χ0) is 14.7. The van der Waals surface area contributed by atoms with E-state index in [1.165, 1.54) is 12.5 Å². The van der Waals surface area contributed by atoms with Gasteiger partial charge in [0.1, 0.15) is 0 Å². The minimum atomic E-state index is -0.386. The van der Waals surface area contributed by atoms with Crippen molar-refractivity contribution in [3.8, 4) is 5.75 Å². The van der Waals surface area contributed by atoms with Gasteiger partial charge in [0.2, 0.25) is 5.75 Å². The largest absolute Gasteiger partial charge is 0.486 e. The van der Waals surface area contributed by atoms with Gasteiger partial charge in [-0.2, -0.15) is 0 Å². The Labute approximate surface area is 135 Å². The van der Waals surface area contributed by atoms with E-state index in [2.05, 4.69) is 22.6 Å². The molecule has 21 heavy (non-hydrogen) atoms. The standard InChI is InChI=1S/C16H15IO4/c17-7-2-1-3-8-19-16-14-12(6-9-20-14)10-11-4-5-13(18)21-15(11)16/h4-6,9-10H,1-3,7-8H2. The zero-order valence-corrected chi connectivity index (χ0v) is 13.6. The van der Waals surface area contributed by atoms with Crippen molar-refractivity contribution >= 4 is 44.5 Å². The zero-order valence-electron chi connectivity index (χ0n) is 11.4. The molecule has 0 amide bonds. The maximum absolute atomic E-state index is 11.5. The molecule has 2 aromatic heterocycles. The molecule has 0 aliphatic carbocycles. The molecule has 0 aliphatic heterocycles. The topological polar surface area (TPSA) is 52.6 Å². The molecular weight excluding hydrogens is 383 g/mol. The van der Waals surface area contributed by atoms with Crippen LogP contribution in [0.2, 0.25) is 0 Å². The van der Waals surface area contributed by atoms with Crippen LogP contribution in [0.4, 0.5) is 0 Å². The van der Waals surface area contributed by atoms with E-state index in [-0.39, 0.29) is 5.63 Å². The summed E-state index contributed by atoms with van der Waals surface area (Å²) in [5.74, 6) is 0.527. The molecule has 1 aromatic carbocycles. The number of hydrogen-bond acceptors (Lipinski definition) is 4. The third-order valence-electron chi connectivity index (χ3n) is 3.31. The van der Waals surface area contributed by atoms with E-state index in [0.717, 1.165) is 28.0 Å². The minimum Gasteiger partial charge on any atom is -0.486 e. The summed E-state index contributed by atoms with van der Waals surface area (Å²) in [4.78, 5) is 11.5. The maximum atomic E-state index is 11.5. The van der Waals surface area contributed by atoms with Gasteiger partial charge in [-0.3, -0.25) is 0 Å². The fourth-order valence-electron chi connectivity index (χ4n) is 2.28. The molecule has 3 aromatic rings. The summed E-state index contributed by atoms with van der Waals surface area (Å²) in [6, 6.07) is 6.97. The van der Waals surface area contributed by atoms with Crippen molar-refractivity contribution in [1.29, 1.82) is 0 Å². The second kappa shape index (κ2) is 6.51. The lowest BCUT2D eigenvalue weighted by Gasteiger charge is -2.08. The van der Waals surface area contributed by atoms with Crippen molar-refractivity contribution in [2.24, 2.45) is 0 Å². The number of alkyl halides is 1. The fourth-order valence-corrected chi connectivity index (χ4v) is 2.82. The Morgan fingerprint density at radius 1 is 1.05 bits per heavy atom. The highest BCUT2D eigenvalue weighted by Gasteiger charge is 2.14. The lowest BCUT2D eigenvalue weighted by Crippen LogP contribution is -2.01. The molecular formula is C16H15IO4. The van der Waals surface area contributed by atoms with E-state index >= 15 is 0 Å². The number of benzene rings is 1. The van der Waals surface area contributed by atoms with Crippen LogP contribution >= 0.6 is 22.6 Å². The highest BCUT2D eigenvalue weighted by molar-refractivity contribution is 14.1. The lowest BCUT2D eigenvalue weighted by molar-refractivity contribution is 0.304. The number of fused-ring (bicyclic) bond motifs is 2. The van der Waals surface area contributed by atoms with Gasteiger partial charge in [-0.15, -0.1) is 0 Å². The SMILES string of the molecule is O=c1ccc2cc3ccoc3c(OCCCCCI)c2o1. The predicted octanol–water partition coefficient (Wildman–Crippen LogP) is 4.52. The molecule has 0 atom stereocenters. The van der Waals surface area contributed by atoms with Gasteiger partial charge in [0.05, 0.1) is 12.9 Å². The van der Waals surface area contributed by atoms with Crippen LogP contribution in [-0.2, 0) is 0 Å². The maximum Gasteiger partial charge on any atom is 0.336 e. The Kier molecular flexibility index (Phi) is 4.48. The molecule has 0 aliphatic rings. The third-order valence-corrected chi connectivity index (χ3v) is 4.07. The van der Waals surface area contributed by atoms with Crippen LogP contribution in [0.25, 0.3) is 21.9 Å². The molecule has 2 heterocycles. The Hall–Kier alpha value is -1.50. The highest BCUT2D eigenvalue weighted by atomic mass is 127. The van der Waals surface area contributed by atoms with Crippen LogP contribution in [0.3, 0.4) is 0 Å². The van der Waals surface area contributed by atoms with Gasteiger partial charge >= 0.3 is 5.63 Å². The van der Waals surface area contributed by atoms with Crippen LogP contribution in [0.15, 0.2) is 44.2 Å². The normalized spacial score (nSPS) is 11.3.